The first-order valence-electron chi connectivity index (χ1n) is 13.6. The van der Waals surface area contributed by atoms with Crippen molar-refractivity contribution in [3.63, 3.8) is 0 Å². The number of carbonyl (C=O) groups excluding carboxylic acids is 2. The number of alkyl halides is 5. The Morgan fingerprint density at radius 2 is 1.89 bits per heavy atom. The zero-order valence-electron chi connectivity index (χ0n) is 23.1. The molecule has 0 saturated carbocycles. The molecule has 3 heterocycles. The van der Waals surface area contributed by atoms with Crippen LogP contribution in [-0.2, 0) is 22.3 Å². The lowest BCUT2D eigenvalue weighted by atomic mass is 9.95. The standard InChI is InChI=1S/C29H25F7N4O3S/c1-2-16-13-38(14-17(7-9-41)40(16)23(42)6-5-22(32)33)27-19-12-20(29(34,35)36)24(18-4-3-15(30)11-21(18)31)26-25(19)39(8-10-44-26)28(43)37-27/h3-6,9,11-12,16-17,22H,2,7-8,10,13-14H2,1H3/b6-5+. The van der Waals surface area contributed by atoms with Gasteiger partial charge in [0.1, 0.15) is 23.7 Å². The van der Waals surface area contributed by atoms with Gasteiger partial charge >= 0.3 is 11.9 Å². The van der Waals surface area contributed by atoms with Crippen LogP contribution >= 0.6 is 11.8 Å². The molecule has 2 atom stereocenters. The third-order valence-electron chi connectivity index (χ3n) is 7.69. The van der Waals surface area contributed by atoms with E-state index < -0.39 is 64.6 Å². The molecule has 5 rings (SSSR count). The summed E-state index contributed by atoms with van der Waals surface area (Å²) in [5.74, 6) is -2.86. The fourth-order valence-corrected chi connectivity index (χ4v) is 7.06. The summed E-state index contributed by atoms with van der Waals surface area (Å²) in [4.78, 5) is 44.7. The molecule has 0 N–H and O–H groups in total. The number of aryl methyl sites for hydroxylation is 1. The number of allylic oxidation sites excluding steroid dienone is 1. The number of thioether (sulfide) groups is 1. The molecule has 2 aliphatic rings. The van der Waals surface area contributed by atoms with Gasteiger partial charge in [0.15, 0.2) is 0 Å². The predicted molar refractivity (Wildman–Crippen MR) is 150 cm³/mol. The van der Waals surface area contributed by atoms with Crippen LogP contribution in [0.4, 0.5) is 36.6 Å². The second kappa shape index (κ2) is 12.3. The number of aromatic nitrogens is 2. The Kier molecular flexibility index (Phi) is 8.78. The highest BCUT2D eigenvalue weighted by Crippen LogP contribution is 2.49. The summed E-state index contributed by atoms with van der Waals surface area (Å²) in [5.41, 5.74) is -2.89. The van der Waals surface area contributed by atoms with E-state index >= 15 is 0 Å². The van der Waals surface area contributed by atoms with Gasteiger partial charge in [-0.3, -0.25) is 9.36 Å². The molecule has 0 bridgehead atoms. The minimum Gasteiger partial charge on any atom is -0.352 e. The van der Waals surface area contributed by atoms with Crippen molar-refractivity contribution in [2.45, 2.75) is 55.9 Å². The number of rotatable bonds is 7. The first kappa shape index (κ1) is 31.5. The van der Waals surface area contributed by atoms with E-state index in [9.17, 15) is 45.1 Å². The molecule has 7 nitrogen and oxygen atoms in total. The molecule has 0 spiro atoms. The third-order valence-corrected chi connectivity index (χ3v) is 8.77. The minimum absolute atomic E-state index is 0.0187. The number of hydrogen-bond acceptors (Lipinski definition) is 6. The molecule has 2 aromatic carbocycles. The molecule has 1 aromatic heterocycles. The van der Waals surface area contributed by atoms with Crippen LogP contribution in [0, 0.1) is 11.6 Å². The number of anilines is 1. The third kappa shape index (κ3) is 5.81. The molecule has 3 aromatic rings. The Labute approximate surface area is 250 Å². The SMILES string of the molecule is CCC1CN(c2nc(=O)n3c4c(c(-c5ccc(F)cc5F)c(C(F)(F)F)cc24)SCC3)CC(CC=O)N1C(=O)/C=C/C(F)F. The summed E-state index contributed by atoms with van der Waals surface area (Å²) >= 11 is 1.00. The fourth-order valence-electron chi connectivity index (χ4n) is 5.86. The van der Waals surface area contributed by atoms with Crippen molar-refractivity contribution >= 4 is 40.7 Å². The van der Waals surface area contributed by atoms with Crippen molar-refractivity contribution in [1.29, 1.82) is 0 Å². The van der Waals surface area contributed by atoms with Gasteiger partial charge in [-0.2, -0.15) is 18.2 Å². The van der Waals surface area contributed by atoms with E-state index in [1.165, 1.54) is 14.4 Å². The monoisotopic (exact) mass is 642 g/mol. The average Bonchev–Trinajstić information content (AvgIpc) is 2.96. The van der Waals surface area contributed by atoms with Gasteiger partial charge in [-0.15, -0.1) is 11.8 Å². The van der Waals surface area contributed by atoms with Crippen LogP contribution in [0.25, 0.3) is 22.0 Å². The van der Waals surface area contributed by atoms with Crippen molar-refractivity contribution in [1.82, 2.24) is 14.5 Å². The smallest absolute Gasteiger partial charge is 0.352 e. The molecule has 0 aliphatic carbocycles. The highest BCUT2D eigenvalue weighted by molar-refractivity contribution is 7.99. The number of amides is 1. The first-order valence-corrected chi connectivity index (χ1v) is 14.6. The number of halogens is 7. The van der Waals surface area contributed by atoms with Crippen molar-refractivity contribution in [2.75, 3.05) is 23.7 Å². The number of piperazine rings is 1. The molecular formula is C29H25F7N4O3S. The van der Waals surface area contributed by atoms with Gasteiger partial charge in [-0.05, 0) is 30.7 Å². The van der Waals surface area contributed by atoms with Gasteiger partial charge in [0.05, 0.1) is 17.1 Å². The molecule has 1 amide bonds. The van der Waals surface area contributed by atoms with Crippen molar-refractivity contribution in [3.05, 3.63) is 64.1 Å². The van der Waals surface area contributed by atoms with E-state index in [2.05, 4.69) is 4.98 Å². The maximum atomic E-state index is 15.0. The molecule has 1 saturated heterocycles. The van der Waals surface area contributed by atoms with Gasteiger partial charge in [0.2, 0.25) is 5.91 Å². The highest BCUT2D eigenvalue weighted by atomic mass is 32.2. The maximum Gasteiger partial charge on any atom is 0.417 e. The number of hydrogen-bond donors (Lipinski definition) is 0. The van der Waals surface area contributed by atoms with E-state index in [1.807, 2.05) is 0 Å². The number of aldehydes is 1. The van der Waals surface area contributed by atoms with E-state index in [4.69, 9.17) is 0 Å². The fraction of sp³-hybridized carbons (Fsp3) is 0.379. The predicted octanol–water partition coefficient (Wildman–Crippen LogP) is 5.67. The van der Waals surface area contributed by atoms with Gasteiger partial charge < -0.3 is 14.6 Å². The summed E-state index contributed by atoms with van der Waals surface area (Å²) in [5, 5.41) is -0.0533. The average molecular weight is 643 g/mol. The molecule has 2 aliphatic heterocycles. The van der Waals surface area contributed by atoms with Crippen LogP contribution in [0.2, 0.25) is 0 Å². The molecule has 234 valence electrons. The Bertz CT molecular complexity index is 1710. The lowest BCUT2D eigenvalue weighted by Crippen LogP contribution is -2.60. The van der Waals surface area contributed by atoms with Gasteiger partial charge in [0, 0.05) is 71.4 Å². The topological polar surface area (TPSA) is 75.5 Å². The summed E-state index contributed by atoms with van der Waals surface area (Å²) in [7, 11) is 0. The lowest BCUT2D eigenvalue weighted by Gasteiger charge is -2.46. The molecule has 0 radical (unpaired) electrons. The van der Waals surface area contributed by atoms with E-state index in [0.29, 0.717) is 18.4 Å². The Hall–Kier alpha value is -3.88. The van der Waals surface area contributed by atoms with Crippen LogP contribution in [-0.4, -0.2) is 64.0 Å². The van der Waals surface area contributed by atoms with Crippen LogP contribution in [0.1, 0.15) is 25.3 Å². The Balaban J connectivity index is 1.73. The second-order valence-electron chi connectivity index (χ2n) is 10.3. The summed E-state index contributed by atoms with van der Waals surface area (Å²) in [6.07, 6.45) is -6.11. The first-order chi connectivity index (χ1) is 20.8. The van der Waals surface area contributed by atoms with E-state index in [-0.39, 0.29) is 59.8 Å². The quantitative estimate of drug-likeness (QED) is 0.188. The molecule has 15 heteroatoms. The van der Waals surface area contributed by atoms with Crippen LogP contribution in [0.15, 0.2) is 46.1 Å². The van der Waals surface area contributed by atoms with Gasteiger partial charge in [0.25, 0.3) is 6.43 Å². The molecular weight excluding hydrogens is 617 g/mol. The number of benzene rings is 2. The molecule has 44 heavy (non-hydrogen) atoms. The van der Waals surface area contributed by atoms with E-state index in [0.717, 1.165) is 36.0 Å². The van der Waals surface area contributed by atoms with Gasteiger partial charge in [-0.25, -0.2) is 22.4 Å². The minimum atomic E-state index is -4.99. The normalized spacial score (nSPS) is 18.9. The largest absolute Gasteiger partial charge is 0.417 e. The molecule has 1 fully saturated rings. The summed E-state index contributed by atoms with van der Waals surface area (Å²) in [6.45, 7) is 1.67. The van der Waals surface area contributed by atoms with E-state index in [1.54, 1.807) is 6.92 Å². The van der Waals surface area contributed by atoms with Crippen molar-refractivity contribution < 1.29 is 40.3 Å². The molecule has 2 unspecified atom stereocenters. The van der Waals surface area contributed by atoms with Crippen LogP contribution < -0.4 is 10.6 Å². The summed E-state index contributed by atoms with van der Waals surface area (Å²) < 4.78 is 99.4. The second-order valence-corrected chi connectivity index (χ2v) is 11.4. The number of nitrogens with zero attached hydrogens (tertiary/aromatic N) is 4. The van der Waals surface area contributed by atoms with Gasteiger partial charge in [-0.1, -0.05) is 6.92 Å². The Morgan fingerprint density at radius 3 is 2.52 bits per heavy atom. The zero-order chi connectivity index (χ0) is 31.9. The Morgan fingerprint density at radius 1 is 1.16 bits per heavy atom. The summed E-state index contributed by atoms with van der Waals surface area (Å²) in [6, 6.07) is 1.52. The zero-order valence-corrected chi connectivity index (χ0v) is 23.9. The number of carbonyl (C=O) groups is 2. The van der Waals surface area contributed by atoms with Crippen LogP contribution in [0.5, 0.6) is 0 Å². The maximum absolute atomic E-state index is 15.0. The van der Waals surface area contributed by atoms with Crippen molar-refractivity contribution in [3.8, 4) is 11.1 Å². The lowest BCUT2D eigenvalue weighted by molar-refractivity contribution is -0.137. The van der Waals surface area contributed by atoms with Crippen LogP contribution in [0.3, 0.4) is 0 Å². The highest BCUT2D eigenvalue weighted by Gasteiger charge is 2.41. The van der Waals surface area contributed by atoms with Crippen molar-refractivity contribution in [2.24, 2.45) is 0 Å².